The van der Waals surface area contributed by atoms with E-state index < -0.39 is 0 Å². The zero-order chi connectivity index (χ0) is 15.9. The van der Waals surface area contributed by atoms with E-state index in [0.29, 0.717) is 12.5 Å². The monoisotopic (exact) mass is 397 g/mol. The van der Waals surface area contributed by atoms with Gasteiger partial charge in [-0.3, -0.25) is 0 Å². The predicted molar refractivity (Wildman–Crippen MR) is 103 cm³/mol. The van der Waals surface area contributed by atoms with Crippen molar-refractivity contribution < 1.29 is 4.74 Å². The van der Waals surface area contributed by atoms with Crippen LogP contribution < -0.4 is 10.1 Å². The molecular formula is C19H25BrClNO. The van der Waals surface area contributed by atoms with E-state index in [9.17, 15) is 0 Å². The molecule has 2 aromatic carbocycles. The van der Waals surface area contributed by atoms with Gasteiger partial charge in [0.15, 0.2) is 0 Å². The number of nitrogens with one attached hydrogen (secondary N) is 1. The van der Waals surface area contributed by atoms with Gasteiger partial charge in [-0.15, -0.1) is 12.4 Å². The molecule has 4 heteroatoms. The Hall–Kier alpha value is -1.03. The summed E-state index contributed by atoms with van der Waals surface area (Å²) in [6.07, 6.45) is 0. The van der Waals surface area contributed by atoms with Crippen LogP contribution in [0, 0.1) is 12.8 Å². The molecule has 2 aromatic rings. The summed E-state index contributed by atoms with van der Waals surface area (Å²) in [5.74, 6) is 1.59. The molecule has 23 heavy (non-hydrogen) atoms. The molecule has 0 saturated carbocycles. The van der Waals surface area contributed by atoms with E-state index in [1.807, 2.05) is 12.1 Å². The predicted octanol–water partition coefficient (Wildman–Crippen LogP) is 5.50. The number of hydrogen-bond acceptors (Lipinski definition) is 2. The zero-order valence-corrected chi connectivity index (χ0v) is 16.3. The van der Waals surface area contributed by atoms with Crippen LogP contribution in [0.5, 0.6) is 5.75 Å². The highest BCUT2D eigenvalue weighted by Gasteiger charge is 2.06. The van der Waals surface area contributed by atoms with E-state index in [2.05, 4.69) is 72.3 Å². The van der Waals surface area contributed by atoms with E-state index in [1.165, 1.54) is 16.7 Å². The average molecular weight is 399 g/mol. The Bertz CT molecular complexity index is 599. The molecule has 2 rings (SSSR count). The van der Waals surface area contributed by atoms with Gasteiger partial charge < -0.3 is 10.1 Å². The molecule has 0 aliphatic rings. The van der Waals surface area contributed by atoms with Crippen molar-refractivity contribution in [1.82, 2.24) is 5.32 Å². The van der Waals surface area contributed by atoms with Crippen LogP contribution >= 0.6 is 28.3 Å². The maximum Gasteiger partial charge on any atom is 0.124 e. The van der Waals surface area contributed by atoms with Crippen molar-refractivity contribution in [2.45, 2.75) is 33.9 Å². The number of halogens is 2. The van der Waals surface area contributed by atoms with Crippen LogP contribution in [0.3, 0.4) is 0 Å². The number of ether oxygens (including phenoxy) is 1. The van der Waals surface area contributed by atoms with Crippen molar-refractivity contribution in [2.75, 3.05) is 6.54 Å². The van der Waals surface area contributed by atoms with E-state index in [1.54, 1.807) is 0 Å². The van der Waals surface area contributed by atoms with Gasteiger partial charge in [0.2, 0.25) is 0 Å². The largest absolute Gasteiger partial charge is 0.489 e. The molecule has 0 atom stereocenters. The Labute approximate surface area is 154 Å². The van der Waals surface area contributed by atoms with Crippen LogP contribution in [-0.2, 0) is 13.2 Å². The van der Waals surface area contributed by atoms with Gasteiger partial charge in [0.1, 0.15) is 12.4 Å². The first-order valence-electron chi connectivity index (χ1n) is 7.72. The summed E-state index contributed by atoms with van der Waals surface area (Å²) in [6.45, 7) is 8.94. The van der Waals surface area contributed by atoms with E-state index in [4.69, 9.17) is 4.74 Å². The van der Waals surface area contributed by atoms with Crippen LogP contribution in [0.1, 0.15) is 30.5 Å². The van der Waals surface area contributed by atoms with Crippen molar-refractivity contribution in [3.8, 4) is 5.75 Å². The first kappa shape index (κ1) is 20.0. The maximum absolute atomic E-state index is 6.01. The van der Waals surface area contributed by atoms with Gasteiger partial charge in [0.25, 0.3) is 0 Å². The second-order valence-corrected chi connectivity index (χ2v) is 6.97. The summed E-state index contributed by atoms with van der Waals surface area (Å²) in [7, 11) is 0. The summed E-state index contributed by atoms with van der Waals surface area (Å²) >= 11 is 3.54. The smallest absolute Gasteiger partial charge is 0.124 e. The SMILES string of the molecule is Cc1ccc(COc2ccc(Br)cc2CNCC(C)C)cc1.Cl. The second kappa shape index (κ2) is 9.96. The minimum atomic E-state index is 0. The number of hydrogen-bond donors (Lipinski definition) is 1. The maximum atomic E-state index is 6.01. The number of aryl methyl sites for hydroxylation is 1. The third-order valence-corrected chi connectivity index (χ3v) is 3.90. The number of rotatable bonds is 7. The highest BCUT2D eigenvalue weighted by molar-refractivity contribution is 9.10. The average Bonchev–Trinajstić information content (AvgIpc) is 2.48. The molecule has 0 amide bonds. The zero-order valence-electron chi connectivity index (χ0n) is 13.9. The van der Waals surface area contributed by atoms with Gasteiger partial charge in [0, 0.05) is 16.6 Å². The Kier molecular flexibility index (Phi) is 8.67. The topological polar surface area (TPSA) is 21.3 Å². The fraction of sp³-hybridized carbons (Fsp3) is 0.368. The normalized spacial score (nSPS) is 10.5. The van der Waals surface area contributed by atoms with Gasteiger partial charge in [-0.25, -0.2) is 0 Å². The Balaban J connectivity index is 0.00000264. The van der Waals surface area contributed by atoms with Crippen LogP contribution in [0.2, 0.25) is 0 Å². The van der Waals surface area contributed by atoms with Crippen molar-refractivity contribution >= 4 is 28.3 Å². The molecule has 0 spiro atoms. The van der Waals surface area contributed by atoms with Crippen LogP contribution in [0.15, 0.2) is 46.9 Å². The number of benzene rings is 2. The molecule has 0 aromatic heterocycles. The fourth-order valence-corrected chi connectivity index (χ4v) is 2.58. The van der Waals surface area contributed by atoms with Crippen LogP contribution in [-0.4, -0.2) is 6.54 Å². The standard InChI is InChI=1S/C19H24BrNO.ClH/c1-14(2)11-21-12-17-10-18(20)8-9-19(17)22-13-16-6-4-15(3)5-7-16;/h4-10,14,21H,11-13H2,1-3H3;1H. The summed E-state index contributed by atoms with van der Waals surface area (Å²) in [5, 5.41) is 3.47. The molecule has 126 valence electrons. The van der Waals surface area contributed by atoms with Crippen LogP contribution in [0.4, 0.5) is 0 Å². The summed E-state index contributed by atoms with van der Waals surface area (Å²) in [6, 6.07) is 14.6. The lowest BCUT2D eigenvalue weighted by Crippen LogP contribution is -2.19. The molecule has 0 aliphatic carbocycles. The highest BCUT2D eigenvalue weighted by atomic mass is 79.9. The molecule has 0 heterocycles. The van der Waals surface area contributed by atoms with E-state index >= 15 is 0 Å². The summed E-state index contributed by atoms with van der Waals surface area (Å²) in [4.78, 5) is 0. The quantitative estimate of drug-likeness (QED) is 0.664. The minimum Gasteiger partial charge on any atom is -0.489 e. The Morgan fingerprint density at radius 3 is 2.43 bits per heavy atom. The lowest BCUT2D eigenvalue weighted by atomic mass is 10.1. The van der Waals surface area contributed by atoms with E-state index in [-0.39, 0.29) is 12.4 Å². The first-order chi connectivity index (χ1) is 10.5. The Morgan fingerprint density at radius 1 is 1.09 bits per heavy atom. The lowest BCUT2D eigenvalue weighted by molar-refractivity contribution is 0.302. The van der Waals surface area contributed by atoms with Crippen molar-refractivity contribution in [2.24, 2.45) is 5.92 Å². The van der Waals surface area contributed by atoms with Crippen molar-refractivity contribution in [3.63, 3.8) is 0 Å². The summed E-state index contributed by atoms with van der Waals surface area (Å²) < 4.78 is 7.09. The van der Waals surface area contributed by atoms with Gasteiger partial charge in [-0.05, 0) is 43.1 Å². The molecule has 0 radical (unpaired) electrons. The molecule has 0 fully saturated rings. The van der Waals surface area contributed by atoms with Crippen molar-refractivity contribution in [1.29, 1.82) is 0 Å². The molecule has 1 N–H and O–H groups in total. The minimum absolute atomic E-state index is 0. The van der Waals surface area contributed by atoms with Gasteiger partial charge >= 0.3 is 0 Å². The molecule has 0 saturated heterocycles. The third-order valence-electron chi connectivity index (χ3n) is 3.41. The first-order valence-corrected chi connectivity index (χ1v) is 8.51. The second-order valence-electron chi connectivity index (χ2n) is 6.05. The fourth-order valence-electron chi connectivity index (χ4n) is 2.17. The van der Waals surface area contributed by atoms with Gasteiger partial charge in [-0.1, -0.05) is 59.6 Å². The molecular weight excluding hydrogens is 374 g/mol. The van der Waals surface area contributed by atoms with Gasteiger partial charge in [0.05, 0.1) is 0 Å². The van der Waals surface area contributed by atoms with E-state index in [0.717, 1.165) is 23.3 Å². The Morgan fingerprint density at radius 2 is 1.78 bits per heavy atom. The molecule has 0 bridgehead atoms. The van der Waals surface area contributed by atoms with Crippen molar-refractivity contribution in [3.05, 3.63) is 63.6 Å². The van der Waals surface area contributed by atoms with Crippen LogP contribution in [0.25, 0.3) is 0 Å². The molecule has 2 nitrogen and oxygen atoms in total. The lowest BCUT2D eigenvalue weighted by Gasteiger charge is -2.14. The molecule has 0 aliphatic heterocycles. The van der Waals surface area contributed by atoms with Gasteiger partial charge in [-0.2, -0.15) is 0 Å². The molecule has 0 unspecified atom stereocenters. The third kappa shape index (κ3) is 6.94. The summed E-state index contributed by atoms with van der Waals surface area (Å²) in [5.41, 5.74) is 3.64. The highest BCUT2D eigenvalue weighted by Crippen LogP contribution is 2.24.